The largest absolute Gasteiger partial charge is 0.339 e. The van der Waals surface area contributed by atoms with Crippen molar-refractivity contribution in [2.75, 3.05) is 33.7 Å². The van der Waals surface area contributed by atoms with E-state index >= 15 is 0 Å². The summed E-state index contributed by atoms with van der Waals surface area (Å²) in [7, 11) is 4.34. The minimum Gasteiger partial charge on any atom is -0.339 e. The molecule has 0 spiro atoms. The number of hydrogen-bond donors (Lipinski definition) is 1. The van der Waals surface area contributed by atoms with Gasteiger partial charge in [-0.2, -0.15) is 4.98 Å². The maximum Gasteiger partial charge on any atom is 0.229 e. The van der Waals surface area contributed by atoms with Crippen LogP contribution in [0.2, 0.25) is 0 Å². The highest BCUT2D eigenvalue weighted by Crippen LogP contribution is 2.32. The van der Waals surface area contributed by atoms with Gasteiger partial charge in [0.25, 0.3) is 0 Å². The molecular formula is C14H25N5O. The smallest absolute Gasteiger partial charge is 0.229 e. The molecule has 20 heavy (non-hydrogen) atoms. The third-order valence-corrected chi connectivity index (χ3v) is 4.70. The minimum atomic E-state index is 0.300. The van der Waals surface area contributed by atoms with E-state index in [2.05, 4.69) is 34.0 Å². The molecule has 6 nitrogen and oxygen atoms in total. The van der Waals surface area contributed by atoms with E-state index in [1.54, 1.807) is 0 Å². The molecule has 1 aliphatic heterocycles. The lowest BCUT2D eigenvalue weighted by atomic mass is 10.1. The van der Waals surface area contributed by atoms with Crippen molar-refractivity contribution in [1.29, 1.82) is 0 Å². The first-order valence-corrected chi connectivity index (χ1v) is 7.58. The van der Waals surface area contributed by atoms with Crippen molar-refractivity contribution in [2.45, 2.75) is 43.7 Å². The fourth-order valence-corrected chi connectivity index (χ4v) is 3.29. The van der Waals surface area contributed by atoms with Crippen LogP contribution in [0.5, 0.6) is 0 Å². The van der Waals surface area contributed by atoms with E-state index in [0.29, 0.717) is 18.0 Å². The second-order valence-electron chi connectivity index (χ2n) is 6.42. The van der Waals surface area contributed by atoms with Gasteiger partial charge in [-0.1, -0.05) is 5.16 Å². The fraction of sp³-hybridized carbons (Fsp3) is 0.857. The molecule has 0 radical (unpaired) electrons. The van der Waals surface area contributed by atoms with Gasteiger partial charge in [0, 0.05) is 44.1 Å². The maximum absolute atomic E-state index is 5.95. The Morgan fingerprint density at radius 3 is 2.90 bits per heavy atom. The topological polar surface area (TPSA) is 71.4 Å². The predicted octanol–water partition coefficient (Wildman–Crippen LogP) is 0.453. The lowest BCUT2D eigenvalue weighted by Gasteiger charge is -2.37. The lowest BCUT2D eigenvalue weighted by molar-refractivity contribution is 0.113. The van der Waals surface area contributed by atoms with Crippen LogP contribution in [-0.2, 0) is 6.42 Å². The monoisotopic (exact) mass is 279 g/mol. The van der Waals surface area contributed by atoms with Crippen molar-refractivity contribution in [3.63, 3.8) is 0 Å². The number of rotatable bonds is 3. The molecule has 2 aliphatic rings. The van der Waals surface area contributed by atoms with Gasteiger partial charge in [-0.15, -0.1) is 0 Å². The van der Waals surface area contributed by atoms with Gasteiger partial charge in [0.05, 0.1) is 0 Å². The average molecular weight is 279 g/mol. The summed E-state index contributed by atoms with van der Waals surface area (Å²) < 4.78 is 5.45. The van der Waals surface area contributed by atoms with Crippen LogP contribution in [0.15, 0.2) is 4.52 Å². The number of nitrogens with zero attached hydrogens (tertiary/aromatic N) is 4. The molecule has 1 saturated heterocycles. The van der Waals surface area contributed by atoms with Crippen LogP contribution in [-0.4, -0.2) is 65.8 Å². The molecule has 1 aromatic rings. The molecule has 6 heteroatoms. The summed E-state index contributed by atoms with van der Waals surface area (Å²) in [6.45, 7) is 3.29. The zero-order valence-electron chi connectivity index (χ0n) is 12.5. The molecule has 1 unspecified atom stereocenters. The zero-order valence-corrected chi connectivity index (χ0v) is 12.5. The molecule has 2 heterocycles. The molecule has 1 aliphatic carbocycles. The third kappa shape index (κ3) is 3.02. The minimum absolute atomic E-state index is 0.300. The van der Waals surface area contributed by atoms with Gasteiger partial charge in [0.15, 0.2) is 5.82 Å². The summed E-state index contributed by atoms with van der Waals surface area (Å²) in [5.41, 5.74) is 5.95. The van der Waals surface area contributed by atoms with Gasteiger partial charge in [-0.25, -0.2) is 0 Å². The van der Waals surface area contributed by atoms with E-state index < -0.39 is 0 Å². The molecule has 1 saturated carbocycles. The van der Waals surface area contributed by atoms with Gasteiger partial charge in [-0.3, -0.25) is 0 Å². The summed E-state index contributed by atoms with van der Waals surface area (Å²) >= 11 is 0. The molecule has 0 amide bonds. The average Bonchev–Trinajstić information content (AvgIpc) is 3.03. The Hall–Kier alpha value is -0.980. The van der Waals surface area contributed by atoms with E-state index in [1.165, 1.54) is 0 Å². The van der Waals surface area contributed by atoms with Crippen LogP contribution >= 0.6 is 0 Å². The van der Waals surface area contributed by atoms with Crippen molar-refractivity contribution >= 4 is 0 Å². The summed E-state index contributed by atoms with van der Waals surface area (Å²) in [6.07, 6.45) is 3.99. The van der Waals surface area contributed by atoms with Crippen LogP contribution in [0.3, 0.4) is 0 Å². The fourth-order valence-electron chi connectivity index (χ4n) is 3.29. The number of likely N-dealkylation sites (N-methyl/N-ethyl adjacent to an activating group) is 2. The van der Waals surface area contributed by atoms with Crippen LogP contribution in [0.25, 0.3) is 0 Å². The molecule has 1 aromatic heterocycles. The Morgan fingerprint density at radius 1 is 1.30 bits per heavy atom. The van der Waals surface area contributed by atoms with Gasteiger partial charge in [-0.05, 0) is 33.4 Å². The van der Waals surface area contributed by atoms with E-state index in [9.17, 15) is 0 Å². The van der Waals surface area contributed by atoms with Gasteiger partial charge in [0.1, 0.15) is 0 Å². The van der Waals surface area contributed by atoms with Crippen molar-refractivity contribution in [3.05, 3.63) is 11.7 Å². The Kier molecular flexibility index (Phi) is 4.05. The predicted molar refractivity (Wildman–Crippen MR) is 76.5 cm³/mol. The van der Waals surface area contributed by atoms with Crippen molar-refractivity contribution < 1.29 is 4.52 Å². The number of aromatic nitrogens is 2. The molecule has 2 N–H and O–H groups in total. The van der Waals surface area contributed by atoms with E-state index in [-0.39, 0.29) is 0 Å². The van der Waals surface area contributed by atoms with Gasteiger partial charge >= 0.3 is 0 Å². The van der Waals surface area contributed by atoms with Crippen molar-refractivity contribution in [3.8, 4) is 0 Å². The summed E-state index contributed by atoms with van der Waals surface area (Å²) in [4.78, 5) is 9.35. The lowest BCUT2D eigenvalue weighted by Crippen LogP contribution is -2.50. The zero-order chi connectivity index (χ0) is 14.1. The SMILES string of the molecule is CN1CCN(C)C(Cc2noc([C@@H]3CC[C@H](N)C3)n2)C1. The van der Waals surface area contributed by atoms with E-state index in [4.69, 9.17) is 10.3 Å². The highest BCUT2D eigenvalue weighted by molar-refractivity contribution is 5.00. The molecule has 3 atom stereocenters. The number of nitrogens with two attached hydrogens (primary N) is 1. The Balaban J connectivity index is 1.62. The van der Waals surface area contributed by atoms with Gasteiger partial charge in [0.2, 0.25) is 5.89 Å². The Morgan fingerprint density at radius 2 is 2.15 bits per heavy atom. The molecule has 0 bridgehead atoms. The first-order valence-electron chi connectivity index (χ1n) is 7.58. The number of piperazine rings is 1. The normalized spacial score (nSPS) is 32.9. The maximum atomic E-state index is 5.95. The molecule has 112 valence electrons. The summed E-state index contributed by atoms with van der Waals surface area (Å²) in [5.74, 6) is 2.00. The molecular weight excluding hydrogens is 254 g/mol. The van der Waals surface area contributed by atoms with Crippen LogP contribution in [0, 0.1) is 0 Å². The highest BCUT2D eigenvalue weighted by Gasteiger charge is 2.29. The summed E-state index contributed by atoms with van der Waals surface area (Å²) in [5, 5.41) is 4.17. The van der Waals surface area contributed by atoms with E-state index in [0.717, 1.165) is 57.0 Å². The Bertz CT molecular complexity index is 449. The number of hydrogen-bond acceptors (Lipinski definition) is 6. The standard InChI is InChI=1S/C14H25N5O/c1-18-5-6-19(2)12(9-18)8-13-16-14(20-17-13)10-3-4-11(15)7-10/h10-12H,3-9,15H2,1-2H3/t10-,11+,12?/m1/s1. The van der Waals surface area contributed by atoms with E-state index in [1.807, 2.05) is 0 Å². The Labute approximate surface area is 120 Å². The molecule has 3 rings (SSSR count). The molecule has 2 fully saturated rings. The first kappa shape index (κ1) is 14.0. The summed E-state index contributed by atoms with van der Waals surface area (Å²) in [6, 6.07) is 0.776. The van der Waals surface area contributed by atoms with Gasteiger partial charge < -0.3 is 20.1 Å². The quantitative estimate of drug-likeness (QED) is 0.866. The highest BCUT2D eigenvalue weighted by atomic mass is 16.5. The van der Waals surface area contributed by atoms with Crippen LogP contribution in [0.1, 0.15) is 36.9 Å². The first-order chi connectivity index (χ1) is 9.61. The second-order valence-corrected chi connectivity index (χ2v) is 6.42. The van der Waals surface area contributed by atoms with Crippen LogP contribution < -0.4 is 5.73 Å². The van der Waals surface area contributed by atoms with Crippen LogP contribution in [0.4, 0.5) is 0 Å². The molecule has 0 aromatic carbocycles. The van der Waals surface area contributed by atoms with Crippen molar-refractivity contribution in [2.24, 2.45) is 5.73 Å². The van der Waals surface area contributed by atoms with Crippen molar-refractivity contribution in [1.82, 2.24) is 19.9 Å². The second kappa shape index (κ2) is 5.79. The third-order valence-electron chi connectivity index (χ3n) is 4.70.